The van der Waals surface area contributed by atoms with Gasteiger partial charge in [-0.15, -0.1) is 6.58 Å². The van der Waals surface area contributed by atoms with E-state index in [-0.39, 0.29) is 23.2 Å². The minimum Gasteiger partial charge on any atom is -0.497 e. The Bertz CT molecular complexity index is 709. The molecule has 2 saturated carbocycles. The molecular weight excluding hydrogens is 312 g/mol. The van der Waals surface area contributed by atoms with Crippen molar-refractivity contribution < 1.29 is 14.6 Å². The van der Waals surface area contributed by atoms with Gasteiger partial charge in [0.05, 0.1) is 13.2 Å². The fourth-order valence-corrected chi connectivity index (χ4v) is 6.11. The second-order valence-electron chi connectivity index (χ2n) is 8.38. The summed E-state index contributed by atoms with van der Waals surface area (Å²) in [7, 11) is 1.64. The molecule has 25 heavy (non-hydrogen) atoms. The largest absolute Gasteiger partial charge is 0.497 e. The van der Waals surface area contributed by atoms with Crippen LogP contribution < -0.4 is 4.74 Å². The number of hydrogen-bond acceptors (Lipinski definition) is 3. The molecule has 6 unspecified atom stereocenters. The van der Waals surface area contributed by atoms with Gasteiger partial charge in [0.15, 0.2) is 5.78 Å². The van der Waals surface area contributed by atoms with Crippen molar-refractivity contribution in [3.63, 3.8) is 0 Å². The summed E-state index contributed by atoms with van der Waals surface area (Å²) in [5, 5.41) is 10.6. The molecule has 0 bridgehead atoms. The first-order valence-corrected chi connectivity index (χ1v) is 9.52. The van der Waals surface area contributed by atoms with E-state index in [9.17, 15) is 9.90 Å². The highest BCUT2D eigenvalue weighted by molar-refractivity contribution is 6.01. The van der Waals surface area contributed by atoms with Crippen LogP contribution in [-0.4, -0.2) is 24.1 Å². The number of benzene rings is 1. The third-order valence-corrected chi connectivity index (χ3v) is 7.43. The fraction of sp³-hybridized carbons (Fsp3) is 0.591. The van der Waals surface area contributed by atoms with E-state index < -0.39 is 0 Å². The van der Waals surface area contributed by atoms with Crippen LogP contribution in [0.3, 0.4) is 0 Å². The highest BCUT2D eigenvalue weighted by atomic mass is 16.5. The molecule has 1 aromatic rings. The summed E-state index contributed by atoms with van der Waals surface area (Å²) in [5.41, 5.74) is 2.00. The SMILES string of the molecule is C=CCC1C(=O)c2cc(OC)ccc2C2CCC3(C)C(O)CCC3C12. The molecule has 3 heteroatoms. The van der Waals surface area contributed by atoms with Crippen molar-refractivity contribution in [2.75, 3.05) is 7.11 Å². The monoisotopic (exact) mass is 340 g/mol. The van der Waals surface area contributed by atoms with Gasteiger partial charge in [-0.2, -0.15) is 0 Å². The Morgan fingerprint density at radius 1 is 1.36 bits per heavy atom. The van der Waals surface area contributed by atoms with Crippen molar-refractivity contribution in [1.29, 1.82) is 0 Å². The molecule has 3 nitrogen and oxygen atoms in total. The molecule has 1 N–H and O–H groups in total. The highest BCUT2D eigenvalue weighted by Gasteiger charge is 2.58. The number of hydrogen-bond donors (Lipinski definition) is 1. The van der Waals surface area contributed by atoms with Gasteiger partial charge in [0.25, 0.3) is 0 Å². The van der Waals surface area contributed by atoms with E-state index in [4.69, 9.17) is 4.74 Å². The van der Waals surface area contributed by atoms with Gasteiger partial charge in [-0.05, 0) is 73.0 Å². The van der Waals surface area contributed by atoms with Gasteiger partial charge in [-0.3, -0.25) is 4.79 Å². The number of ketones is 1. The van der Waals surface area contributed by atoms with Crippen LogP contribution in [0.4, 0.5) is 0 Å². The van der Waals surface area contributed by atoms with Crippen LogP contribution >= 0.6 is 0 Å². The predicted molar refractivity (Wildman–Crippen MR) is 97.9 cm³/mol. The van der Waals surface area contributed by atoms with Crippen molar-refractivity contribution in [2.45, 2.75) is 51.0 Å². The minimum absolute atomic E-state index is 0.0166. The molecule has 134 valence electrons. The van der Waals surface area contributed by atoms with Gasteiger partial charge >= 0.3 is 0 Å². The van der Waals surface area contributed by atoms with Gasteiger partial charge < -0.3 is 9.84 Å². The quantitative estimate of drug-likeness (QED) is 0.832. The van der Waals surface area contributed by atoms with Crippen LogP contribution in [0, 0.1) is 23.2 Å². The Balaban J connectivity index is 1.82. The molecule has 0 saturated heterocycles. The first kappa shape index (κ1) is 16.8. The average Bonchev–Trinajstić information content (AvgIpc) is 2.93. The Morgan fingerprint density at radius 3 is 2.88 bits per heavy atom. The number of methoxy groups -OCH3 is 1. The van der Waals surface area contributed by atoms with Gasteiger partial charge in [0.1, 0.15) is 5.75 Å². The van der Waals surface area contributed by atoms with Gasteiger partial charge in [0, 0.05) is 11.5 Å². The summed E-state index contributed by atoms with van der Waals surface area (Å²) in [6.07, 6.45) is 6.38. The lowest BCUT2D eigenvalue weighted by Crippen LogP contribution is -2.48. The summed E-state index contributed by atoms with van der Waals surface area (Å²) < 4.78 is 5.35. The van der Waals surface area contributed by atoms with E-state index in [1.165, 1.54) is 5.56 Å². The maximum Gasteiger partial charge on any atom is 0.166 e. The van der Waals surface area contributed by atoms with Crippen LogP contribution in [0.1, 0.15) is 60.9 Å². The van der Waals surface area contributed by atoms with Gasteiger partial charge in [-0.1, -0.05) is 19.1 Å². The first-order chi connectivity index (χ1) is 12.0. The van der Waals surface area contributed by atoms with E-state index >= 15 is 0 Å². The van der Waals surface area contributed by atoms with E-state index in [1.54, 1.807) is 7.11 Å². The smallest absolute Gasteiger partial charge is 0.166 e. The maximum absolute atomic E-state index is 13.3. The number of ether oxygens (including phenoxy) is 1. The average molecular weight is 340 g/mol. The molecule has 6 atom stereocenters. The van der Waals surface area contributed by atoms with E-state index in [0.29, 0.717) is 17.8 Å². The lowest BCUT2D eigenvalue weighted by Gasteiger charge is -2.52. The summed E-state index contributed by atoms with van der Waals surface area (Å²) in [6, 6.07) is 6.00. The number of aliphatic hydroxyl groups excluding tert-OH is 1. The highest BCUT2D eigenvalue weighted by Crippen LogP contribution is 2.62. The van der Waals surface area contributed by atoms with Crippen molar-refractivity contribution in [2.24, 2.45) is 23.2 Å². The summed E-state index contributed by atoms with van der Waals surface area (Å²) in [4.78, 5) is 13.3. The zero-order valence-corrected chi connectivity index (χ0v) is 15.2. The van der Waals surface area contributed by atoms with Crippen LogP contribution in [0.2, 0.25) is 0 Å². The van der Waals surface area contributed by atoms with Crippen LogP contribution in [0.15, 0.2) is 30.9 Å². The van der Waals surface area contributed by atoms with E-state index in [1.807, 2.05) is 18.2 Å². The minimum atomic E-state index is -0.227. The summed E-state index contributed by atoms with van der Waals surface area (Å²) in [5.74, 6) is 2.12. The molecular formula is C22H28O3. The molecule has 2 fully saturated rings. The Kier molecular flexibility index (Phi) is 4.03. The van der Waals surface area contributed by atoms with Crippen LogP contribution in [0.25, 0.3) is 0 Å². The number of carbonyl (C=O) groups excluding carboxylic acids is 1. The van der Waals surface area contributed by atoms with Crippen LogP contribution in [0.5, 0.6) is 5.75 Å². The number of aliphatic hydroxyl groups is 1. The molecule has 0 radical (unpaired) electrons. The number of carbonyl (C=O) groups is 1. The standard InChI is InChI=1S/C22H28O3/c1-4-5-16-20-15(10-11-22(2)18(20)8-9-19(22)23)14-7-6-13(25-3)12-17(14)21(16)24/h4,6-7,12,15-16,18-20,23H,1,5,8-11H2,2-3H3. The van der Waals surface area contributed by atoms with Crippen LogP contribution in [-0.2, 0) is 0 Å². The molecule has 0 amide bonds. The second kappa shape index (κ2) is 5.98. The lowest BCUT2D eigenvalue weighted by atomic mass is 9.52. The fourth-order valence-electron chi connectivity index (χ4n) is 6.11. The molecule has 0 aromatic heterocycles. The number of Topliss-reactive ketones (excluding diaryl/α,β-unsaturated/α-hetero) is 1. The number of allylic oxidation sites excluding steroid dienone is 1. The Labute approximate surface area is 150 Å². The molecule has 3 aliphatic rings. The van der Waals surface area contributed by atoms with Crippen molar-refractivity contribution >= 4 is 5.78 Å². The van der Waals surface area contributed by atoms with E-state index in [0.717, 1.165) is 43.4 Å². The Morgan fingerprint density at radius 2 is 2.16 bits per heavy atom. The van der Waals surface area contributed by atoms with Crippen molar-refractivity contribution in [3.8, 4) is 5.75 Å². The zero-order chi connectivity index (χ0) is 17.8. The van der Waals surface area contributed by atoms with Gasteiger partial charge in [-0.25, -0.2) is 0 Å². The van der Waals surface area contributed by atoms with E-state index in [2.05, 4.69) is 19.6 Å². The summed E-state index contributed by atoms with van der Waals surface area (Å²) >= 11 is 0. The molecule has 4 rings (SSSR count). The topological polar surface area (TPSA) is 46.5 Å². The molecule has 0 aliphatic heterocycles. The van der Waals surface area contributed by atoms with Gasteiger partial charge in [0.2, 0.25) is 0 Å². The zero-order valence-electron chi connectivity index (χ0n) is 15.2. The summed E-state index contributed by atoms with van der Waals surface area (Å²) in [6.45, 7) is 6.15. The predicted octanol–water partition coefficient (Wildman–Crippen LogP) is 4.35. The molecule has 1 aromatic carbocycles. The Hall–Kier alpha value is -1.61. The molecule has 0 heterocycles. The third kappa shape index (κ3) is 2.32. The third-order valence-electron chi connectivity index (χ3n) is 7.43. The number of fused-ring (bicyclic) bond motifs is 5. The number of rotatable bonds is 3. The molecule has 3 aliphatic carbocycles. The molecule has 0 spiro atoms. The first-order valence-electron chi connectivity index (χ1n) is 9.52. The van der Waals surface area contributed by atoms with Crippen molar-refractivity contribution in [1.82, 2.24) is 0 Å². The lowest BCUT2D eigenvalue weighted by molar-refractivity contribution is -0.0335. The second-order valence-corrected chi connectivity index (χ2v) is 8.38. The maximum atomic E-state index is 13.3. The normalized spacial score (nSPS) is 39.3. The van der Waals surface area contributed by atoms with Crippen molar-refractivity contribution in [3.05, 3.63) is 42.0 Å².